The van der Waals surface area contributed by atoms with E-state index in [1.54, 1.807) is 43.3 Å². The lowest BCUT2D eigenvalue weighted by Crippen LogP contribution is -2.15. The van der Waals surface area contributed by atoms with E-state index in [-0.39, 0.29) is 11.6 Å². The molecule has 7 heteroatoms. The minimum atomic E-state index is -0.400. The van der Waals surface area contributed by atoms with Crippen LogP contribution in [0.5, 0.6) is 0 Å². The maximum absolute atomic E-state index is 12.4. The predicted molar refractivity (Wildman–Crippen MR) is 112 cm³/mol. The molecular weight excluding hydrogens is 368 g/mol. The molecule has 0 atom stereocenters. The monoisotopic (exact) mass is 390 g/mol. The molecule has 2 N–H and O–H groups in total. The summed E-state index contributed by atoms with van der Waals surface area (Å²) in [5.41, 5.74) is 4.37. The van der Waals surface area contributed by atoms with Crippen molar-refractivity contribution in [3.05, 3.63) is 77.0 Å². The van der Waals surface area contributed by atoms with Gasteiger partial charge in [0.25, 0.3) is 5.91 Å². The topological polar surface area (TPSA) is 93.2 Å². The number of nitrogens with one attached hydrogen (secondary N) is 2. The second kappa shape index (κ2) is 8.97. The second-order valence-corrected chi connectivity index (χ2v) is 6.50. The van der Waals surface area contributed by atoms with E-state index in [9.17, 15) is 9.59 Å². The Morgan fingerprint density at radius 1 is 0.966 bits per heavy atom. The number of esters is 1. The summed E-state index contributed by atoms with van der Waals surface area (Å²) in [6.07, 6.45) is 0. The van der Waals surface area contributed by atoms with Crippen LogP contribution in [-0.2, 0) is 4.74 Å². The summed E-state index contributed by atoms with van der Waals surface area (Å²) in [7, 11) is 0. The summed E-state index contributed by atoms with van der Waals surface area (Å²) in [6.45, 7) is 6.10. The van der Waals surface area contributed by atoms with Crippen molar-refractivity contribution in [1.82, 2.24) is 10.2 Å². The average Bonchev–Trinajstić information content (AvgIpc) is 2.71. The number of hydrogen-bond donors (Lipinski definition) is 2. The Labute approximate surface area is 169 Å². The van der Waals surface area contributed by atoms with Crippen LogP contribution in [0.2, 0.25) is 0 Å². The zero-order valence-electron chi connectivity index (χ0n) is 16.5. The summed E-state index contributed by atoms with van der Waals surface area (Å²) in [5.74, 6) is -0.241. The van der Waals surface area contributed by atoms with Crippen LogP contribution in [0.15, 0.2) is 54.6 Å². The Hall–Kier alpha value is -3.74. The van der Waals surface area contributed by atoms with Crippen molar-refractivity contribution >= 4 is 29.1 Å². The van der Waals surface area contributed by atoms with Crippen molar-refractivity contribution < 1.29 is 14.3 Å². The Bertz CT molecular complexity index is 1020. The molecule has 1 aromatic heterocycles. The first-order valence-corrected chi connectivity index (χ1v) is 9.23. The minimum absolute atomic E-state index is 0.186. The number of aromatic nitrogens is 2. The van der Waals surface area contributed by atoms with Crippen molar-refractivity contribution in [3.8, 4) is 0 Å². The van der Waals surface area contributed by atoms with Gasteiger partial charge >= 0.3 is 5.97 Å². The number of aryl methyl sites for hydroxylation is 2. The number of hydrogen-bond acceptors (Lipinski definition) is 6. The van der Waals surface area contributed by atoms with Gasteiger partial charge in [-0.3, -0.25) is 4.79 Å². The number of benzene rings is 2. The maximum atomic E-state index is 12.4. The molecule has 0 fully saturated rings. The molecule has 0 spiro atoms. The highest BCUT2D eigenvalue weighted by atomic mass is 16.5. The molecule has 0 saturated carbocycles. The van der Waals surface area contributed by atoms with Crippen LogP contribution in [0.4, 0.5) is 17.2 Å². The molecule has 0 aliphatic heterocycles. The molecule has 7 nitrogen and oxygen atoms in total. The first-order chi connectivity index (χ1) is 14.0. The number of rotatable bonds is 6. The number of nitrogens with zero attached hydrogens (tertiary/aromatic N) is 2. The van der Waals surface area contributed by atoms with Crippen LogP contribution in [0, 0.1) is 13.8 Å². The summed E-state index contributed by atoms with van der Waals surface area (Å²) >= 11 is 0. The van der Waals surface area contributed by atoms with Crippen LogP contribution >= 0.6 is 0 Å². The number of carbonyl (C=O) groups is 2. The number of amides is 1. The second-order valence-electron chi connectivity index (χ2n) is 6.50. The Morgan fingerprint density at radius 3 is 2.34 bits per heavy atom. The molecule has 0 aliphatic rings. The molecule has 0 unspecified atom stereocenters. The van der Waals surface area contributed by atoms with Gasteiger partial charge in [-0.15, -0.1) is 10.2 Å². The fourth-order valence-corrected chi connectivity index (χ4v) is 2.71. The standard InChI is InChI=1S/C22H22N4O3/c1-4-29-22(28)16-6-8-17(9-7-16)23-21(27)19-11-12-20(26-25-19)24-18-10-5-14(2)13-15(18)3/h5-13H,4H2,1-3H3,(H,23,27)(H,24,26). The van der Waals surface area contributed by atoms with Crippen LogP contribution in [-0.4, -0.2) is 28.7 Å². The van der Waals surface area contributed by atoms with Gasteiger partial charge in [0, 0.05) is 11.4 Å². The van der Waals surface area contributed by atoms with Crippen molar-refractivity contribution in [2.75, 3.05) is 17.2 Å². The van der Waals surface area contributed by atoms with Crippen molar-refractivity contribution in [3.63, 3.8) is 0 Å². The van der Waals surface area contributed by atoms with E-state index in [1.807, 2.05) is 26.0 Å². The SMILES string of the molecule is CCOC(=O)c1ccc(NC(=O)c2ccc(Nc3ccc(C)cc3C)nn2)cc1. The third-order valence-corrected chi connectivity index (χ3v) is 4.20. The van der Waals surface area contributed by atoms with Gasteiger partial charge in [0.05, 0.1) is 12.2 Å². The summed E-state index contributed by atoms with van der Waals surface area (Å²) in [6, 6.07) is 15.8. The molecule has 3 rings (SSSR count). The van der Waals surface area contributed by atoms with Gasteiger partial charge < -0.3 is 15.4 Å². The molecule has 1 heterocycles. The fraction of sp³-hybridized carbons (Fsp3) is 0.182. The molecule has 148 valence electrons. The molecule has 3 aromatic rings. The molecule has 1 amide bonds. The summed E-state index contributed by atoms with van der Waals surface area (Å²) in [5, 5.41) is 14.0. The highest BCUT2D eigenvalue weighted by molar-refractivity contribution is 6.03. The van der Waals surface area contributed by atoms with E-state index in [0.717, 1.165) is 11.3 Å². The van der Waals surface area contributed by atoms with Crippen molar-refractivity contribution in [2.45, 2.75) is 20.8 Å². The van der Waals surface area contributed by atoms with E-state index >= 15 is 0 Å². The van der Waals surface area contributed by atoms with Crippen LogP contribution in [0.25, 0.3) is 0 Å². The van der Waals surface area contributed by atoms with E-state index in [0.29, 0.717) is 23.7 Å². The lowest BCUT2D eigenvalue weighted by molar-refractivity contribution is 0.0526. The maximum Gasteiger partial charge on any atom is 0.338 e. The van der Waals surface area contributed by atoms with Crippen LogP contribution in [0.3, 0.4) is 0 Å². The zero-order valence-corrected chi connectivity index (χ0v) is 16.5. The van der Waals surface area contributed by atoms with E-state index in [4.69, 9.17) is 4.74 Å². The third-order valence-electron chi connectivity index (χ3n) is 4.20. The number of anilines is 3. The van der Waals surface area contributed by atoms with Gasteiger partial charge in [-0.05, 0) is 68.8 Å². The smallest absolute Gasteiger partial charge is 0.338 e. The van der Waals surface area contributed by atoms with Gasteiger partial charge in [-0.25, -0.2) is 4.79 Å². The first-order valence-electron chi connectivity index (χ1n) is 9.23. The summed E-state index contributed by atoms with van der Waals surface area (Å²) in [4.78, 5) is 24.0. The Kier molecular flexibility index (Phi) is 6.19. The molecule has 2 aromatic carbocycles. The molecule has 0 bridgehead atoms. The molecule has 0 saturated heterocycles. The largest absolute Gasteiger partial charge is 0.462 e. The Balaban J connectivity index is 1.63. The zero-order chi connectivity index (χ0) is 20.8. The lowest BCUT2D eigenvalue weighted by Gasteiger charge is -2.09. The fourth-order valence-electron chi connectivity index (χ4n) is 2.71. The van der Waals surface area contributed by atoms with E-state index < -0.39 is 5.97 Å². The van der Waals surface area contributed by atoms with Gasteiger partial charge in [0.15, 0.2) is 11.5 Å². The normalized spacial score (nSPS) is 10.3. The predicted octanol–water partition coefficient (Wildman–Crippen LogP) is 4.27. The lowest BCUT2D eigenvalue weighted by atomic mass is 10.1. The van der Waals surface area contributed by atoms with E-state index in [2.05, 4.69) is 26.9 Å². The van der Waals surface area contributed by atoms with Gasteiger partial charge in [-0.1, -0.05) is 17.7 Å². The van der Waals surface area contributed by atoms with Crippen LogP contribution < -0.4 is 10.6 Å². The minimum Gasteiger partial charge on any atom is -0.462 e. The molecule has 29 heavy (non-hydrogen) atoms. The Morgan fingerprint density at radius 2 is 1.72 bits per heavy atom. The first kappa shape index (κ1) is 20.0. The van der Waals surface area contributed by atoms with Gasteiger partial charge in [0.1, 0.15) is 0 Å². The van der Waals surface area contributed by atoms with Gasteiger partial charge in [0.2, 0.25) is 0 Å². The average molecular weight is 390 g/mol. The van der Waals surface area contributed by atoms with Crippen LogP contribution in [0.1, 0.15) is 38.9 Å². The van der Waals surface area contributed by atoms with Crippen molar-refractivity contribution in [2.24, 2.45) is 0 Å². The van der Waals surface area contributed by atoms with E-state index in [1.165, 1.54) is 5.56 Å². The molecular formula is C22H22N4O3. The third kappa shape index (κ3) is 5.16. The molecule has 0 aliphatic carbocycles. The number of carbonyl (C=O) groups excluding carboxylic acids is 2. The highest BCUT2D eigenvalue weighted by Gasteiger charge is 2.11. The quantitative estimate of drug-likeness (QED) is 0.611. The molecule has 0 radical (unpaired) electrons. The van der Waals surface area contributed by atoms with Crippen molar-refractivity contribution in [1.29, 1.82) is 0 Å². The van der Waals surface area contributed by atoms with Gasteiger partial charge in [-0.2, -0.15) is 0 Å². The number of ether oxygens (including phenoxy) is 1. The summed E-state index contributed by atoms with van der Waals surface area (Å²) < 4.78 is 4.93. The highest BCUT2D eigenvalue weighted by Crippen LogP contribution is 2.20.